The molecule has 1 saturated carbocycles. The standard InChI is InChI=1S/C7H14.C6H6.C5H5N.3C5H12.C4H6N2.C4H4N2.2C4H10.C3H3NO.6C2H6/c1-7(2,3)6-4-5-6;2*1-2-4-6-5-3-1;3*1-5(2,3)4;1-6-4-2-3-5-6;1-2-5-4-6-3-1;2*1-4(2)3;1-2-4-5-3-1;6*1-2/h6H,4-5H2,1-3H3;1-6H;1-5H;3*1-4H3;2-4H,1H3;1-4H;2*4H,1-3H3;1-3H;6*1-2H3. The molecule has 0 unspecified atom stereocenters. The lowest BCUT2D eigenvalue weighted by molar-refractivity contribution is 0.351. The van der Waals surface area contributed by atoms with Gasteiger partial charge >= 0.3 is 0 Å². The average molecular weight is 1000 g/mol. The molecule has 0 aliphatic heterocycles. The van der Waals surface area contributed by atoms with Crippen molar-refractivity contribution in [2.75, 3.05) is 0 Å². The van der Waals surface area contributed by atoms with Gasteiger partial charge in [0.15, 0.2) is 0 Å². The van der Waals surface area contributed by atoms with Gasteiger partial charge in [0.25, 0.3) is 0 Å². The molecule has 71 heavy (non-hydrogen) atoms. The molecule has 6 rings (SSSR count). The van der Waals surface area contributed by atoms with Crippen molar-refractivity contribution in [3.05, 3.63) is 129 Å². The highest BCUT2D eigenvalue weighted by Crippen LogP contribution is 2.44. The maximum atomic E-state index is 4.33. The fraction of sp³-hybridized carbons (Fsp3) is 0.672. The summed E-state index contributed by atoms with van der Waals surface area (Å²) in [6, 6.07) is 23.1. The molecule has 422 valence electrons. The summed E-state index contributed by atoms with van der Waals surface area (Å²) in [6.07, 6.45) is 18.1. The van der Waals surface area contributed by atoms with Gasteiger partial charge < -0.3 is 4.52 Å². The monoisotopic (exact) mass is 999 g/mol. The molecule has 0 saturated heterocycles. The van der Waals surface area contributed by atoms with Crippen LogP contribution in [0.2, 0.25) is 0 Å². The predicted octanol–water partition coefficient (Wildman–Crippen LogP) is 22.4. The molecule has 0 bridgehead atoms. The third-order valence-corrected chi connectivity index (χ3v) is 4.50. The summed E-state index contributed by atoms with van der Waals surface area (Å²) in [5.41, 5.74) is 2.11. The van der Waals surface area contributed by atoms with E-state index in [0.717, 1.165) is 17.8 Å². The lowest BCUT2D eigenvalue weighted by atomic mass is 9.91. The number of rotatable bonds is 0. The molecule has 1 fully saturated rings. The van der Waals surface area contributed by atoms with Crippen LogP contribution < -0.4 is 0 Å². The molecule has 5 aromatic rings. The Hall–Kier alpha value is -4.13. The van der Waals surface area contributed by atoms with E-state index in [1.54, 1.807) is 54.0 Å². The Balaban J connectivity index is -0.0000000608. The molecule has 1 aliphatic carbocycles. The Morgan fingerprint density at radius 3 is 0.746 bits per heavy atom. The first-order chi connectivity index (χ1) is 33.0. The summed E-state index contributed by atoms with van der Waals surface area (Å²) in [4.78, 5) is 11.1. The number of aryl methyl sites for hydroxylation is 1. The van der Waals surface area contributed by atoms with E-state index in [2.05, 4.69) is 175 Å². The zero-order valence-corrected chi connectivity index (χ0v) is 54.4. The molecule has 1 aromatic carbocycles. The molecule has 4 heterocycles. The first kappa shape index (κ1) is 92.9. The van der Waals surface area contributed by atoms with Gasteiger partial charge in [0.2, 0.25) is 0 Å². The van der Waals surface area contributed by atoms with Crippen molar-refractivity contribution in [3.8, 4) is 0 Å². The van der Waals surface area contributed by atoms with Gasteiger partial charge in [-0.25, -0.2) is 9.97 Å². The maximum Gasteiger partial charge on any atom is 0.123 e. The highest BCUT2D eigenvalue weighted by atomic mass is 16.5. The molecule has 7 nitrogen and oxygen atoms in total. The predicted molar refractivity (Wildman–Crippen MR) is 329 cm³/mol. The summed E-state index contributed by atoms with van der Waals surface area (Å²) in [7, 11) is 1.89. The zero-order chi connectivity index (χ0) is 58.8. The van der Waals surface area contributed by atoms with E-state index in [1.165, 1.54) is 25.4 Å². The SMILES string of the molecule is CC.CC.CC.CC.CC.CC.CC(C)(C)C.CC(C)(C)C.CC(C)(C)C.CC(C)(C)C1CC1.CC(C)C.CC(C)C.Cn1cccn1.c1ccccc1.c1ccncc1.c1cncnc1.c1cnoc1. The van der Waals surface area contributed by atoms with Crippen LogP contribution in [0.25, 0.3) is 0 Å². The van der Waals surface area contributed by atoms with Crippen LogP contribution in [-0.4, -0.2) is 29.9 Å². The van der Waals surface area contributed by atoms with E-state index in [-0.39, 0.29) is 0 Å². The summed E-state index contributed by atoms with van der Waals surface area (Å²) in [5, 5.41) is 7.18. The van der Waals surface area contributed by atoms with Crippen molar-refractivity contribution < 1.29 is 4.52 Å². The molecule has 0 atom stereocenters. The second-order valence-electron chi connectivity index (χ2n) is 21.1. The van der Waals surface area contributed by atoms with E-state index >= 15 is 0 Å². The number of aromatic nitrogens is 6. The fourth-order valence-electron chi connectivity index (χ4n) is 2.42. The number of hydrogen-bond acceptors (Lipinski definition) is 6. The maximum absolute atomic E-state index is 4.33. The van der Waals surface area contributed by atoms with Gasteiger partial charge in [-0.2, -0.15) is 5.10 Å². The molecule has 0 N–H and O–H groups in total. The molecule has 0 amide bonds. The molecule has 0 spiro atoms. The Morgan fingerprint density at radius 1 is 0.394 bits per heavy atom. The van der Waals surface area contributed by atoms with Gasteiger partial charge in [-0.05, 0) is 82.6 Å². The zero-order valence-electron chi connectivity index (χ0n) is 54.4. The van der Waals surface area contributed by atoms with Gasteiger partial charge in [-0.15, -0.1) is 0 Å². The minimum absolute atomic E-state index is 0.500. The van der Waals surface area contributed by atoms with Gasteiger partial charge in [0.1, 0.15) is 12.6 Å². The molecule has 0 radical (unpaired) electrons. The minimum atomic E-state index is 0.500. The molecular formula is C64H130N6O. The van der Waals surface area contributed by atoms with Gasteiger partial charge in [0, 0.05) is 44.2 Å². The largest absolute Gasteiger partial charge is 0.365 e. The number of pyridine rings is 1. The highest BCUT2D eigenvalue weighted by Gasteiger charge is 2.33. The Kier molecular flexibility index (Phi) is 97.9. The Bertz CT molecular complexity index is 1150. The van der Waals surface area contributed by atoms with E-state index < -0.39 is 0 Å². The van der Waals surface area contributed by atoms with Crippen LogP contribution >= 0.6 is 0 Å². The average Bonchev–Trinajstić information content (AvgIpc) is 3.78. The van der Waals surface area contributed by atoms with E-state index in [4.69, 9.17) is 0 Å². The van der Waals surface area contributed by atoms with Crippen LogP contribution in [0.5, 0.6) is 0 Å². The fourth-order valence-corrected chi connectivity index (χ4v) is 2.42. The molecule has 1 aliphatic rings. The van der Waals surface area contributed by atoms with Gasteiger partial charge in [-0.3, -0.25) is 9.67 Å². The van der Waals surface area contributed by atoms with Crippen molar-refractivity contribution in [2.24, 2.45) is 46.5 Å². The quantitative estimate of drug-likeness (QED) is 0.154. The van der Waals surface area contributed by atoms with Crippen molar-refractivity contribution in [3.63, 3.8) is 0 Å². The second-order valence-corrected chi connectivity index (χ2v) is 21.1. The summed E-state index contributed by atoms with van der Waals surface area (Å²) in [6.45, 7) is 70.2. The van der Waals surface area contributed by atoms with Crippen molar-refractivity contribution >= 4 is 0 Å². The van der Waals surface area contributed by atoms with Crippen LogP contribution in [0.1, 0.15) is 241 Å². The highest BCUT2D eigenvalue weighted by molar-refractivity contribution is 4.99. The summed E-state index contributed by atoms with van der Waals surface area (Å²) in [5.74, 6) is 2.72. The second kappa shape index (κ2) is 74.8. The Labute approximate surface area is 449 Å². The smallest absolute Gasteiger partial charge is 0.123 e. The molecular weight excluding hydrogens is 869 g/mol. The lowest BCUT2D eigenvalue weighted by Crippen LogP contribution is -2.06. The third-order valence-electron chi connectivity index (χ3n) is 4.50. The van der Waals surface area contributed by atoms with Crippen molar-refractivity contribution in [2.45, 2.75) is 241 Å². The van der Waals surface area contributed by atoms with Crippen LogP contribution in [0, 0.1) is 39.4 Å². The summed E-state index contributed by atoms with van der Waals surface area (Å²) < 4.78 is 6.08. The van der Waals surface area contributed by atoms with E-state index in [0.29, 0.717) is 21.7 Å². The minimum Gasteiger partial charge on any atom is -0.365 e. The topological polar surface area (TPSA) is 82.5 Å². The molecule has 7 heteroatoms. The third kappa shape index (κ3) is 221. The van der Waals surface area contributed by atoms with Crippen LogP contribution in [0.15, 0.2) is 133 Å². The van der Waals surface area contributed by atoms with Gasteiger partial charge in [-0.1, -0.05) is 276 Å². The van der Waals surface area contributed by atoms with Crippen molar-refractivity contribution in [1.82, 2.24) is 29.9 Å². The van der Waals surface area contributed by atoms with E-state index in [1.807, 2.05) is 157 Å². The first-order valence-electron chi connectivity index (χ1n) is 27.3. The normalized spacial score (nSPS) is 9.63. The first-order valence-corrected chi connectivity index (χ1v) is 27.3. The molecule has 4 aromatic heterocycles. The lowest BCUT2D eigenvalue weighted by Gasteiger charge is -2.15. The van der Waals surface area contributed by atoms with Crippen LogP contribution in [0.4, 0.5) is 0 Å². The number of nitrogens with zero attached hydrogens (tertiary/aromatic N) is 6. The Morgan fingerprint density at radius 2 is 0.676 bits per heavy atom. The van der Waals surface area contributed by atoms with Crippen LogP contribution in [0.3, 0.4) is 0 Å². The summed E-state index contributed by atoms with van der Waals surface area (Å²) >= 11 is 0. The van der Waals surface area contributed by atoms with Gasteiger partial charge in [0.05, 0.1) is 6.20 Å². The van der Waals surface area contributed by atoms with E-state index in [9.17, 15) is 0 Å². The number of hydrogen-bond donors (Lipinski definition) is 0. The van der Waals surface area contributed by atoms with Crippen LogP contribution in [-0.2, 0) is 7.05 Å². The number of benzene rings is 1. The van der Waals surface area contributed by atoms with Crippen molar-refractivity contribution in [1.29, 1.82) is 0 Å².